The highest BCUT2D eigenvalue weighted by atomic mass is 16.4. The van der Waals surface area contributed by atoms with Crippen LogP contribution in [0.3, 0.4) is 0 Å². The number of hydrogen-bond donors (Lipinski definition) is 2. The molecule has 5 heteroatoms. The Labute approximate surface area is 94.1 Å². The molecule has 0 saturated heterocycles. The van der Waals surface area contributed by atoms with Gasteiger partial charge in [0, 0.05) is 22.5 Å². The zero-order valence-electron chi connectivity index (χ0n) is 9.81. The van der Waals surface area contributed by atoms with E-state index in [1.165, 1.54) is 0 Å². The molecule has 1 rings (SSSR count). The Hall–Kier alpha value is -1.91. The van der Waals surface area contributed by atoms with Gasteiger partial charge in [0.1, 0.15) is 0 Å². The predicted molar refractivity (Wildman–Crippen MR) is 61.7 cm³/mol. The minimum absolute atomic E-state index is 0.483. The molecule has 2 N–H and O–H groups in total. The van der Waals surface area contributed by atoms with Crippen LogP contribution >= 0.6 is 0 Å². The van der Waals surface area contributed by atoms with E-state index in [9.17, 15) is 0 Å². The van der Waals surface area contributed by atoms with E-state index in [2.05, 4.69) is 15.3 Å². The average Bonchev–Trinajstić information content (AvgIpc) is 2.27. The van der Waals surface area contributed by atoms with Crippen molar-refractivity contribution in [1.29, 1.82) is 0 Å². The molecule has 0 unspecified atom stereocenters. The van der Waals surface area contributed by atoms with Gasteiger partial charge in [0.15, 0.2) is 0 Å². The summed E-state index contributed by atoms with van der Waals surface area (Å²) < 4.78 is 0. The van der Waals surface area contributed by atoms with Crippen LogP contribution in [-0.4, -0.2) is 26.8 Å². The SMILES string of the molecule is C/C(=N\O)c1cc(/C(C)=N/O)c(C)nc1C. The molecule has 5 nitrogen and oxygen atoms in total. The van der Waals surface area contributed by atoms with Crippen LogP contribution in [0.4, 0.5) is 0 Å². The number of nitrogens with zero attached hydrogens (tertiary/aromatic N) is 3. The maximum absolute atomic E-state index is 8.75. The molecule has 0 radical (unpaired) electrons. The smallest absolute Gasteiger partial charge is 0.0855 e. The van der Waals surface area contributed by atoms with Gasteiger partial charge in [0.2, 0.25) is 0 Å². The van der Waals surface area contributed by atoms with Crippen molar-refractivity contribution in [2.24, 2.45) is 10.3 Å². The van der Waals surface area contributed by atoms with Gasteiger partial charge in [-0.25, -0.2) is 0 Å². The van der Waals surface area contributed by atoms with Gasteiger partial charge in [-0.05, 0) is 33.8 Å². The fourth-order valence-corrected chi connectivity index (χ4v) is 1.57. The zero-order valence-corrected chi connectivity index (χ0v) is 9.81. The van der Waals surface area contributed by atoms with Crippen molar-refractivity contribution in [3.8, 4) is 0 Å². The highest BCUT2D eigenvalue weighted by Crippen LogP contribution is 2.14. The summed E-state index contributed by atoms with van der Waals surface area (Å²) in [5.74, 6) is 0. The number of aryl methyl sites for hydroxylation is 2. The molecular weight excluding hydrogens is 206 g/mol. The number of pyridine rings is 1. The van der Waals surface area contributed by atoms with E-state index in [0.717, 1.165) is 22.5 Å². The highest BCUT2D eigenvalue weighted by Gasteiger charge is 2.11. The molecular formula is C11H15N3O2. The fraction of sp³-hybridized carbons (Fsp3) is 0.364. The summed E-state index contributed by atoms with van der Waals surface area (Å²) in [6, 6.07) is 1.81. The van der Waals surface area contributed by atoms with E-state index in [1.54, 1.807) is 13.8 Å². The summed E-state index contributed by atoms with van der Waals surface area (Å²) in [7, 11) is 0. The summed E-state index contributed by atoms with van der Waals surface area (Å²) in [5, 5.41) is 23.8. The van der Waals surface area contributed by atoms with E-state index >= 15 is 0 Å². The van der Waals surface area contributed by atoms with Crippen molar-refractivity contribution in [1.82, 2.24) is 4.98 Å². The Bertz CT molecular complexity index is 425. The summed E-state index contributed by atoms with van der Waals surface area (Å²) in [6.45, 7) is 7.06. The van der Waals surface area contributed by atoms with Crippen molar-refractivity contribution in [3.05, 3.63) is 28.6 Å². The van der Waals surface area contributed by atoms with Gasteiger partial charge in [-0.15, -0.1) is 0 Å². The fourth-order valence-electron chi connectivity index (χ4n) is 1.57. The lowest BCUT2D eigenvalue weighted by Crippen LogP contribution is -2.08. The third kappa shape index (κ3) is 2.18. The Balaban J connectivity index is 3.44. The molecule has 0 aliphatic carbocycles. The van der Waals surface area contributed by atoms with E-state index in [0.29, 0.717) is 11.4 Å². The molecule has 1 heterocycles. The summed E-state index contributed by atoms with van der Waals surface area (Å²) in [4.78, 5) is 4.33. The van der Waals surface area contributed by atoms with Gasteiger partial charge in [-0.3, -0.25) is 4.98 Å². The Morgan fingerprint density at radius 3 is 1.69 bits per heavy atom. The number of oxime groups is 2. The molecule has 0 atom stereocenters. The van der Waals surface area contributed by atoms with Crippen LogP contribution in [0, 0.1) is 13.8 Å². The number of rotatable bonds is 2. The topological polar surface area (TPSA) is 78.1 Å². The highest BCUT2D eigenvalue weighted by molar-refractivity contribution is 6.04. The van der Waals surface area contributed by atoms with E-state index < -0.39 is 0 Å². The van der Waals surface area contributed by atoms with Gasteiger partial charge >= 0.3 is 0 Å². The van der Waals surface area contributed by atoms with Crippen LogP contribution in [0.1, 0.15) is 36.4 Å². The third-order valence-corrected chi connectivity index (χ3v) is 2.48. The van der Waals surface area contributed by atoms with E-state index in [-0.39, 0.29) is 0 Å². The van der Waals surface area contributed by atoms with Crippen LogP contribution in [0.5, 0.6) is 0 Å². The van der Waals surface area contributed by atoms with Crippen LogP contribution in [0.15, 0.2) is 16.4 Å². The lowest BCUT2D eigenvalue weighted by Gasteiger charge is -2.09. The molecule has 1 aromatic heterocycles. The monoisotopic (exact) mass is 221 g/mol. The Morgan fingerprint density at radius 1 is 1.00 bits per heavy atom. The summed E-state index contributed by atoms with van der Waals surface area (Å²) in [6.07, 6.45) is 0. The van der Waals surface area contributed by atoms with Crippen molar-refractivity contribution >= 4 is 11.4 Å². The number of hydrogen-bond acceptors (Lipinski definition) is 5. The maximum atomic E-state index is 8.75. The van der Waals surface area contributed by atoms with Gasteiger partial charge in [0.05, 0.1) is 11.4 Å². The van der Waals surface area contributed by atoms with Crippen LogP contribution in [-0.2, 0) is 0 Å². The van der Waals surface area contributed by atoms with E-state index in [1.807, 2.05) is 19.9 Å². The second-order valence-corrected chi connectivity index (χ2v) is 3.63. The molecule has 0 spiro atoms. The lowest BCUT2D eigenvalue weighted by molar-refractivity contribution is 0.319. The first-order chi connectivity index (χ1) is 7.51. The van der Waals surface area contributed by atoms with Crippen molar-refractivity contribution in [3.63, 3.8) is 0 Å². The first kappa shape index (κ1) is 12.2. The first-order valence-corrected chi connectivity index (χ1v) is 4.87. The van der Waals surface area contributed by atoms with Gasteiger partial charge in [-0.2, -0.15) is 0 Å². The molecule has 1 aromatic rings. The lowest BCUT2D eigenvalue weighted by atomic mass is 10.0. The van der Waals surface area contributed by atoms with Crippen LogP contribution in [0.2, 0.25) is 0 Å². The van der Waals surface area contributed by atoms with Crippen molar-refractivity contribution < 1.29 is 10.4 Å². The second-order valence-electron chi connectivity index (χ2n) is 3.63. The standard InChI is InChI=1S/C11H15N3O2/c1-6-10(8(3)13-15)5-11(7(2)12-6)9(4)14-16/h5,15-16H,1-4H3/b13-8+,14-9+. The molecule has 0 amide bonds. The van der Waals surface area contributed by atoms with Crippen LogP contribution < -0.4 is 0 Å². The quantitative estimate of drug-likeness (QED) is 0.456. The van der Waals surface area contributed by atoms with Crippen molar-refractivity contribution in [2.75, 3.05) is 0 Å². The first-order valence-electron chi connectivity index (χ1n) is 4.87. The molecule has 0 fully saturated rings. The molecule has 0 aromatic carbocycles. The number of aromatic nitrogens is 1. The van der Waals surface area contributed by atoms with E-state index in [4.69, 9.17) is 10.4 Å². The molecule has 0 bridgehead atoms. The molecule has 0 aliphatic heterocycles. The van der Waals surface area contributed by atoms with Crippen LogP contribution in [0.25, 0.3) is 0 Å². The summed E-state index contributed by atoms with van der Waals surface area (Å²) >= 11 is 0. The van der Waals surface area contributed by atoms with Gasteiger partial charge in [-0.1, -0.05) is 10.3 Å². The zero-order chi connectivity index (χ0) is 12.3. The largest absolute Gasteiger partial charge is 0.411 e. The molecule has 16 heavy (non-hydrogen) atoms. The van der Waals surface area contributed by atoms with Gasteiger partial charge in [0.25, 0.3) is 0 Å². The Morgan fingerprint density at radius 2 is 1.38 bits per heavy atom. The molecule has 0 saturated carbocycles. The molecule has 0 aliphatic rings. The predicted octanol–water partition coefficient (Wildman–Crippen LogP) is 2.09. The Kier molecular flexibility index (Phi) is 3.60. The second kappa shape index (κ2) is 4.74. The average molecular weight is 221 g/mol. The summed E-state index contributed by atoms with van der Waals surface area (Å²) in [5.41, 5.74) is 4.01. The minimum Gasteiger partial charge on any atom is -0.411 e. The van der Waals surface area contributed by atoms with Crippen molar-refractivity contribution in [2.45, 2.75) is 27.7 Å². The molecule has 86 valence electrons. The van der Waals surface area contributed by atoms with Gasteiger partial charge < -0.3 is 10.4 Å². The third-order valence-electron chi connectivity index (χ3n) is 2.48. The maximum Gasteiger partial charge on any atom is 0.0855 e. The minimum atomic E-state index is 0.483. The normalized spacial score (nSPS) is 13.0.